The highest BCUT2D eigenvalue weighted by molar-refractivity contribution is 5.94. The molecule has 1 aliphatic carbocycles. The Hall–Kier alpha value is -1.58. The van der Waals surface area contributed by atoms with Gasteiger partial charge in [0.2, 0.25) is 0 Å². The molecule has 21 heavy (non-hydrogen) atoms. The first-order chi connectivity index (χ1) is 10.1. The molecule has 1 aliphatic rings. The topological polar surface area (TPSA) is 51.1 Å². The second-order valence-electron chi connectivity index (χ2n) is 6.13. The SMILES string of the molecule is CCCC(NC(=O)c1ccn(C)c(=O)c1)C1CCCCC1. The second-order valence-corrected chi connectivity index (χ2v) is 6.13. The minimum Gasteiger partial charge on any atom is -0.349 e. The fourth-order valence-corrected chi connectivity index (χ4v) is 3.21. The zero-order chi connectivity index (χ0) is 15.2. The summed E-state index contributed by atoms with van der Waals surface area (Å²) >= 11 is 0. The van der Waals surface area contributed by atoms with Crippen molar-refractivity contribution in [3.63, 3.8) is 0 Å². The lowest BCUT2D eigenvalue weighted by Crippen LogP contribution is -2.41. The number of amides is 1. The van der Waals surface area contributed by atoms with Crippen LogP contribution in [0.1, 0.15) is 62.2 Å². The molecule has 4 heteroatoms. The highest BCUT2D eigenvalue weighted by Crippen LogP contribution is 2.28. The van der Waals surface area contributed by atoms with E-state index in [0.717, 1.165) is 12.8 Å². The van der Waals surface area contributed by atoms with E-state index in [-0.39, 0.29) is 17.5 Å². The van der Waals surface area contributed by atoms with Gasteiger partial charge in [0.25, 0.3) is 11.5 Å². The van der Waals surface area contributed by atoms with Crippen molar-refractivity contribution in [1.82, 2.24) is 9.88 Å². The van der Waals surface area contributed by atoms with Crippen molar-refractivity contribution in [2.45, 2.75) is 57.9 Å². The smallest absolute Gasteiger partial charge is 0.251 e. The van der Waals surface area contributed by atoms with Crippen molar-refractivity contribution in [3.05, 3.63) is 34.2 Å². The molecule has 1 unspecified atom stereocenters. The summed E-state index contributed by atoms with van der Waals surface area (Å²) in [6.07, 6.45) is 10.0. The number of carbonyl (C=O) groups is 1. The summed E-state index contributed by atoms with van der Waals surface area (Å²) in [5.74, 6) is 0.478. The molecule has 2 rings (SSSR count). The molecule has 4 nitrogen and oxygen atoms in total. The number of carbonyl (C=O) groups excluding carboxylic acids is 1. The number of aryl methyl sites for hydroxylation is 1. The van der Waals surface area contributed by atoms with Gasteiger partial charge in [0, 0.05) is 30.9 Å². The monoisotopic (exact) mass is 290 g/mol. The lowest BCUT2D eigenvalue weighted by atomic mass is 9.82. The molecule has 0 aromatic carbocycles. The van der Waals surface area contributed by atoms with E-state index in [1.54, 1.807) is 19.3 Å². The first-order valence-electron chi connectivity index (χ1n) is 8.09. The quantitative estimate of drug-likeness (QED) is 0.906. The lowest BCUT2D eigenvalue weighted by molar-refractivity contribution is 0.0908. The standard InChI is InChI=1S/C17H26N2O2/c1-3-7-15(13-8-5-4-6-9-13)18-17(21)14-10-11-19(2)16(20)12-14/h10-13,15H,3-9H2,1-2H3,(H,18,21). The predicted octanol–water partition coefficient (Wildman–Crippen LogP) is 2.86. The number of nitrogens with zero attached hydrogens (tertiary/aromatic N) is 1. The Morgan fingerprint density at radius 1 is 1.38 bits per heavy atom. The molecule has 1 aromatic heterocycles. The van der Waals surface area contributed by atoms with Gasteiger partial charge in [0.15, 0.2) is 0 Å². The Bertz CT molecular complexity index is 530. The number of pyridine rings is 1. The van der Waals surface area contributed by atoms with E-state index in [1.165, 1.54) is 42.7 Å². The number of hydrogen-bond donors (Lipinski definition) is 1. The molecule has 0 aliphatic heterocycles. The Morgan fingerprint density at radius 2 is 2.10 bits per heavy atom. The van der Waals surface area contributed by atoms with E-state index in [2.05, 4.69) is 12.2 Å². The minimum atomic E-state index is -0.146. The molecule has 1 heterocycles. The number of nitrogens with one attached hydrogen (secondary N) is 1. The molecule has 1 saturated carbocycles. The van der Waals surface area contributed by atoms with Gasteiger partial charge in [-0.3, -0.25) is 9.59 Å². The van der Waals surface area contributed by atoms with E-state index in [9.17, 15) is 9.59 Å². The maximum Gasteiger partial charge on any atom is 0.251 e. The molecule has 1 aromatic rings. The molecule has 1 fully saturated rings. The van der Waals surface area contributed by atoms with E-state index in [0.29, 0.717) is 11.5 Å². The Morgan fingerprint density at radius 3 is 2.71 bits per heavy atom. The average molecular weight is 290 g/mol. The summed E-state index contributed by atoms with van der Waals surface area (Å²) in [6.45, 7) is 2.15. The summed E-state index contributed by atoms with van der Waals surface area (Å²) in [7, 11) is 1.69. The van der Waals surface area contributed by atoms with E-state index >= 15 is 0 Å². The molecule has 1 amide bonds. The van der Waals surface area contributed by atoms with Crippen molar-refractivity contribution in [3.8, 4) is 0 Å². The van der Waals surface area contributed by atoms with Crippen LogP contribution in [0.25, 0.3) is 0 Å². The zero-order valence-corrected chi connectivity index (χ0v) is 13.1. The fourth-order valence-electron chi connectivity index (χ4n) is 3.21. The highest BCUT2D eigenvalue weighted by atomic mass is 16.2. The van der Waals surface area contributed by atoms with Crippen molar-refractivity contribution < 1.29 is 4.79 Å². The Balaban J connectivity index is 2.06. The molecule has 1 N–H and O–H groups in total. The van der Waals surface area contributed by atoms with Crippen LogP contribution in [0.5, 0.6) is 0 Å². The highest BCUT2D eigenvalue weighted by Gasteiger charge is 2.24. The molecule has 116 valence electrons. The molecular formula is C17H26N2O2. The summed E-state index contributed by atoms with van der Waals surface area (Å²) in [5, 5.41) is 3.16. The average Bonchev–Trinajstić information content (AvgIpc) is 2.50. The van der Waals surface area contributed by atoms with E-state index in [4.69, 9.17) is 0 Å². The van der Waals surface area contributed by atoms with Gasteiger partial charge < -0.3 is 9.88 Å². The predicted molar refractivity (Wildman–Crippen MR) is 84.4 cm³/mol. The Labute approximate surface area is 126 Å². The largest absolute Gasteiger partial charge is 0.349 e. The molecule has 0 bridgehead atoms. The van der Waals surface area contributed by atoms with Gasteiger partial charge in [-0.1, -0.05) is 32.6 Å². The van der Waals surface area contributed by atoms with Gasteiger partial charge in [0.1, 0.15) is 0 Å². The molecule has 0 saturated heterocycles. The van der Waals surface area contributed by atoms with Crippen molar-refractivity contribution >= 4 is 5.91 Å². The van der Waals surface area contributed by atoms with Gasteiger partial charge in [-0.05, 0) is 31.2 Å². The van der Waals surface area contributed by atoms with Gasteiger partial charge >= 0.3 is 0 Å². The minimum absolute atomic E-state index is 0.114. The van der Waals surface area contributed by atoms with Gasteiger partial charge in [-0.25, -0.2) is 0 Å². The normalized spacial score (nSPS) is 17.4. The summed E-state index contributed by atoms with van der Waals surface area (Å²) in [5.41, 5.74) is 0.322. The summed E-state index contributed by atoms with van der Waals surface area (Å²) in [4.78, 5) is 24.0. The number of rotatable bonds is 5. The van der Waals surface area contributed by atoms with Crippen LogP contribution in [-0.4, -0.2) is 16.5 Å². The van der Waals surface area contributed by atoms with Crippen LogP contribution >= 0.6 is 0 Å². The maximum atomic E-state index is 12.4. The molecule has 0 spiro atoms. The fraction of sp³-hybridized carbons (Fsp3) is 0.647. The van der Waals surface area contributed by atoms with Crippen LogP contribution in [0.15, 0.2) is 23.1 Å². The van der Waals surface area contributed by atoms with Crippen LogP contribution < -0.4 is 10.9 Å². The molecular weight excluding hydrogens is 264 g/mol. The van der Waals surface area contributed by atoms with Crippen molar-refractivity contribution in [2.24, 2.45) is 13.0 Å². The van der Waals surface area contributed by atoms with Crippen LogP contribution in [0, 0.1) is 5.92 Å². The van der Waals surface area contributed by atoms with E-state index in [1.807, 2.05) is 0 Å². The molecule has 1 atom stereocenters. The Kier molecular flexibility index (Phi) is 5.59. The van der Waals surface area contributed by atoms with Gasteiger partial charge in [0.05, 0.1) is 0 Å². The second kappa shape index (κ2) is 7.43. The lowest BCUT2D eigenvalue weighted by Gasteiger charge is -2.31. The third-order valence-electron chi connectivity index (χ3n) is 4.50. The van der Waals surface area contributed by atoms with Gasteiger partial charge in [-0.2, -0.15) is 0 Å². The number of aromatic nitrogens is 1. The van der Waals surface area contributed by atoms with Crippen LogP contribution in [-0.2, 0) is 7.05 Å². The first kappa shape index (κ1) is 15.8. The van der Waals surface area contributed by atoms with Crippen molar-refractivity contribution in [1.29, 1.82) is 0 Å². The van der Waals surface area contributed by atoms with Crippen LogP contribution in [0.3, 0.4) is 0 Å². The third-order valence-corrected chi connectivity index (χ3v) is 4.50. The van der Waals surface area contributed by atoms with E-state index < -0.39 is 0 Å². The molecule has 0 radical (unpaired) electrons. The zero-order valence-electron chi connectivity index (χ0n) is 13.1. The van der Waals surface area contributed by atoms with Crippen molar-refractivity contribution in [2.75, 3.05) is 0 Å². The third kappa shape index (κ3) is 4.19. The number of hydrogen-bond acceptors (Lipinski definition) is 2. The van der Waals surface area contributed by atoms with Gasteiger partial charge in [-0.15, -0.1) is 0 Å². The summed E-state index contributed by atoms with van der Waals surface area (Å²) in [6, 6.07) is 3.37. The summed E-state index contributed by atoms with van der Waals surface area (Å²) < 4.78 is 1.47. The maximum absolute atomic E-state index is 12.4. The first-order valence-corrected chi connectivity index (χ1v) is 8.09. The van der Waals surface area contributed by atoms with Crippen LogP contribution in [0.2, 0.25) is 0 Å². The van der Waals surface area contributed by atoms with Crippen LogP contribution in [0.4, 0.5) is 0 Å².